The summed E-state index contributed by atoms with van der Waals surface area (Å²) in [5.74, 6) is -0.0487. The van der Waals surface area contributed by atoms with Crippen LogP contribution in [0.2, 0.25) is 0 Å². The third-order valence-corrected chi connectivity index (χ3v) is 6.60. The molecule has 0 heterocycles. The monoisotopic (exact) mass is 624 g/mol. The second-order valence-corrected chi connectivity index (χ2v) is 9.90. The van der Waals surface area contributed by atoms with Crippen molar-refractivity contribution in [2.75, 3.05) is 51.9 Å². The molecule has 0 bridgehead atoms. The van der Waals surface area contributed by atoms with Gasteiger partial charge in [-0.3, -0.25) is 14.5 Å². The van der Waals surface area contributed by atoms with Crippen molar-refractivity contribution in [1.82, 2.24) is 10.3 Å². The van der Waals surface area contributed by atoms with Gasteiger partial charge in [0.15, 0.2) is 0 Å². The molecule has 0 aliphatic rings. The van der Waals surface area contributed by atoms with Gasteiger partial charge in [-0.05, 0) is 79.6 Å². The first kappa shape index (κ1) is 32.0. The van der Waals surface area contributed by atoms with Crippen molar-refractivity contribution in [2.24, 2.45) is 5.10 Å². The summed E-state index contributed by atoms with van der Waals surface area (Å²) in [5.41, 5.74) is 5.52. The van der Waals surface area contributed by atoms with E-state index < -0.39 is 5.91 Å². The molecule has 9 nitrogen and oxygen atoms in total. The van der Waals surface area contributed by atoms with E-state index >= 15 is 0 Å². The lowest BCUT2D eigenvalue weighted by Gasteiger charge is -2.22. The number of hydrogen-bond acceptors (Lipinski definition) is 7. The smallest absolute Gasteiger partial charge is 0.273 e. The number of carbonyl (C=O) groups excluding carboxylic acids is 2. The normalized spacial score (nSPS) is 11.1. The summed E-state index contributed by atoms with van der Waals surface area (Å²) in [7, 11) is 1.60. The number of hydrazone groups is 1. The largest absolute Gasteiger partial charge is 0.497 e. The molecule has 2 N–H and O–H groups in total. The van der Waals surface area contributed by atoms with Gasteiger partial charge in [-0.25, -0.2) is 5.43 Å². The Labute approximate surface area is 250 Å². The lowest BCUT2D eigenvalue weighted by atomic mass is 10.1. The van der Waals surface area contributed by atoms with Crippen LogP contribution in [0.3, 0.4) is 0 Å². The first-order chi connectivity index (χ1) is 19.9. The van der Waals surface area contributed by atoms with Gasteiger partial charge in [-0.2, -0.15) is 5.10 Å². The van der Waals surface area contributed by atoms with Crippen LogP contribution in [-0.2, 0) is 16.0 Å². The van der Waals surface area contributed by atoms with Crippen molar-refractivity contribution in [2.45, 2.75) is 20.4 Å². The number of halogens is 1. The molecule has 0 aliphatic carbocycles. The molecule has 0 saturated carbocycles. The summed E-state index contributed by atoms with van der Waals surface area (Å²) in [5, 5.41) is 6.90. The number of methoxy groups -OCH3 is 1. The Bertz CT molecular complexity index is 1270. The summed E-state index contributed by atoms with van der Waals surface area (Å²) in [6, 6.07) is 19.8. The minimum atomic E-state index is -0.457. The number of carbonyl (C=O) groups is 2. The highest BCUT2D eigenvalue weighted by Gasteiger charge is 2.15. The number of nitrogens with zero attached hydrogens (tertiary/aromatic N) is 2. The number of hydrogen-bond donors (Lipinski definition) is 2. The summed E-state index contributed by atoms with van der Waals surface area (Å²) in [4.78, 5) is 28.3. The Morgan fingerprint density at radius 2 is 1.56 bits per heavy atom. The van der Waals surface area contributed by atoms with Gasteiger partial charge in [0, 0.05) is 42.9 Å². The van der Waals surface area contributed by atoms with E-state index in [-0.39, 0.29) is 11.5 Å². The molecule has 0 atom stereocenters. The molecule has 0 aliphatic heterocycles. The topological polar surface area (TPSA) is 101 Å². The Hall–Kier alpha value is -3.57. The van der Waals surface area contributed by atoms with Crippen molar-refractivity contribution in [3.05, 3.63) is 93.5 Å². The number of rotatable bonds is 16. The SMILES string of the molecule is CCOCCN(CCOCC)Cc1ccc(C(=O)Nc2ccc(Br)cc2C(=O)NN=Cc2ccc(OC)cc2)cc1. The van der Waals surface area contributed by atoms with Crippen LogP contribution in [0.5, 0.6) is 5.75 Å². The zero-order chi connectivity index (χ0) is 29.5. The predicted octanol–water partition coefficient (Wildman–Crippen LogP) is 5.35. The molecule has 218 valence electrons. The average Bonchev–Trinajstić information content (AvgIpc) is 2.98. The Morgan fingerprint density at radius 1 is 0.902 bits per heavy atom. The number of ether oxygens (including phenoxy) is 3. The standard InChI is InChI=1S/C31H37BrN4O5/c1-4-40-18-16-36(17-19-41-5-2)22-24-6-10-25(11-7-24)30(37)34-29-15-12-26(32)20-28(29)31(38)35-33-21-23-8-13-27(39-3)14-9-23/h6-15,20-21H,4-5,16-19,22H2,1-3H3,(H,34,37)(H,35,38). The molecule has 3 rings (SSSR count). The molecule has 3 aromatic rings. The van der Waals surface area contributed by atoms with E-state index in [1.54, 1.807) is 49.6 Å². The van der Waals surface area contributed by atoms with E-state index in [4.69, 9.17) is 14.2 Å². The van der Waals surface area contributed by atoms with Crippen LogP contribution in [0, 0.1) is 0 Å². The Balaban J connectivity index is 1.63. The van der Waals surface area contributed by atoms with E-state index in [0.29, 0.717) is 42.2 Å². The maximum absolute atomic E-state index is 13.1. The number of benzene rings is 3. The zero-order valence-corrected chi connectivity index (χ0v) is 25.3. The van der Waals surface area contributed by atoms with Crippen molar-refractivity contribution >= 4 is 39.6 Å². The number of amides is 2. The summed E-state index contributed by atoms with van der Waals surface area (Å²) in [6.45, 7) is 8.94. The van der Waals surface area contributed by atoms with Gasteiger partial charge in [-0.1, -0.05) is 28.1 Å². The predicted molar refractivity (Wildman–Crippen MR) is 165 cm³/mol. The number of anilines is 1. The lowest BCUT2D eigenvalue weighted by Crippen LogP contribution is -2.30. The molecule has 41 heavy (non-hydrogen) atoms. The van der Waals surface area contributed by atoms with Gasteiger partial charge in [0.1, 0.15) is 5.75 Å². The van der Waals surface area contributed by atoms with E-state index in [1.807, 2.05) is 38.1 Å². The highest BCUT2D eigenvalue weighted by molar-refractivity contribution is 9.10. The lowest BCUT2D eigenvalue weighted by molar-refractivity contribution is 0.0798. The molecule has 2 amide bonds. The van der Waals surface area contributed by atoms with Crippen molar-refractivity contribution < 1.29 is 23.8 Å². The maximum atomic E-state index is 13.1. The quantitative estimate of drug-likeness (QED) is 0.127. The Kier molecular flexibility index (Phi) is 13.5. The van der Waals surface area contributed by atoms with E-state index in [9.17, 15) is 9.59 Å². The summed E-state index contributed by atoms with van der Waals surface area (Å²) < 4.78 is 16.9. The first-order valence-electron chi connectivity index (χ1n) is 13.5. The van der Waals surface area contributed by atoms with Crippen molar-refractivity contribution in [3.63, 3.8) is 0 Å². The highest BCUT2D eigenvalue weighted by atomic mass is 79.9. The fourth-order valence-electron chi connectivity index (χ4n) is 3.89. The van der Waals surface area contributed by atoms with Crippen LogP contribution in [-0.4, -0.2) is 69.6 Å². The fraction of sp³-hybridized carbons (Fsp3) is 0.323. The van der Waals surface area contributed by atoms with Crippen molar-refractivity contribution in [3.8, 4) is 5.75 Å². The molecule has 0 radical (unpaired) electrons. The van der Waals surface area contributed by atoms with Gasteiger partial charge < -0.3 is 19.5 Å². The zero-order valence-electron chi connectivity index (χ0n) is 23.7. The molecule has 0 fully saturated rings. The molecular weight excluding hydrogens is 588 g/mol. The minimum absolute atomic E-state index is 0.274. The summed E-state index contributed by atoms with van der Waals surface area (Å²) >= 11 is 3.40. The van der Waals surface area contributed by atoms with Gasteiger partial charge in [0.05, 0.1) is 37.8 Å². The molecule has 10 heteroatoms. The van der Waals surface area contributed by atoms with Crippen LogP contribution in [0.25, 0.3) is 0 Å². The van der Waals surface area contributed by atoms with Crippen LogP contribution in [0.1, 0.15) is 45.7 Å². The highest BCUT2D eigenvalue weighted by Crippen LogP contribution is 2.22. The maximum Gasteiger partial charge on any atom is 0.273 e. The second-order valence-electron chi connectivity index (χ2n) is 8.98. The van der Waals surface area contributed by atoms with E-state index in [1.165, 1.54) is 6.21 Å². The minimum Gasteiger partial charge on any atom is -0.497 e. The first-order valence-corrected chi connectivity index (χ1v) is 14.3. The van der Waals surface area contributed by atoms with Gasteiger partial charge >= 0.3 is 0 Å². The van der Waals surface area contributed by atoms with Crippen LogP contribution in [0.4, 0.5) is 5.69 Å². The molecule has 0 aromatic heterocycles. The second kappa shape index (κ2) is 17.3. The summed E-state index contributed by atoms with van der Waals surface area (Å²) in [6.07, 6.45) is 1.53. The number of nitrogens with one attached hydrogen (secondary N) is 2. The third kappa shape index (κ3) is 10.7. The van der Waals surface area contributed by atoms with Gasteiger partial charge in [0.25, 0.3) is 11.8 Å². The van der Waals surface area contributed by atoms with Crippen LogP contribution < -0.4 is 15.5 Å². The van der Waals surface area contributed by atoms with Crippen molar-refractivity contribution in [1.29, 1.82) is 0 Å². The fourth-order valence-corrected chi connectivity index (χ4v) is 4.25. The molecule has 0 saturated heterocycles. The molecule has 0 unspecified atom stereocenters. The molecule has 3 aromatic carbocycles. The van der Waals surface area contributed by atoms with Gasteiger partial charge in [0.2, 0.25) is 0 Å². The molecule has 0 spiro atoms. The third-order valence-electron chi connectivity index (χ3n) is 6.10. The van der Waals surface area contributed by atoms with Crippen LogP contribution >= 0.6 is 15.9 Å². The van der Waals surface area contributed by atoms with Gasteiger partial charge in [-0.15, -0.1) is 0 Å². The average molecular weight is 626 g/mol. The molecular formula is C31H37BrN4O5. The van der Waals surface area contributed by atoms with E-state index in [2.05, 4.69) is 36.7 Å². The van der Waals surface area contributed by atoms with Crippen LogP contribution in [0.15, 0.2) is 76.3 Å². The Morgan fingerprint density at radius 3 is 2.17 bits per heavy atom. The van der Waals surface area contributed by atoms with E-state index in [0.717, 1.165) is 36.5 Å².